The molecule has 0 fully saturated rings. The lowest BCUT2D eigenvalue weighted by molar-refractivity contribution is -0.113. The molecule has 0 radical (unpaired) electrons. The highest BCUT2D eigenvalue weighted by atomic mass is 32.2. The molecule has 4 aromatic rings. The van der Waals surface area contributed by atoms with Gasteiger partial charge in [-0.1, -0.05) is 35.2 Å². The summed E-state index contributed by atoms with van der Waals surface area (Å²) < 4.78 is 11.9. The van der Waals surface area contributed by atoms with Crippen LogP contribution in [0.25, 0.3) is 10.2 Å². The number of carbonyl (C=O) groups is 2. The number of benzene rings is 2. The van der Waals surface area contributed by atoms with Crippen LogP contribution in [0.5, 0.6) is 11.5 Å². The van der Waals surface area contributed by atoms with Gasteiger partial charge in [0.25, 0.3) is 5.91 Å². The Labute approximate surface area is 195 Å². The fourth-order valence-electron chi connectivity index (χ4n) is 2.65. The third kappa shape index (κ3) is 5.15. The van der Waals surface area contributed by atoms with Crippen molar-refractivity contribution in [2.24, 2.45) is 0 Å². The Kier molecular flexibility index (Phi) is 6.83. The van der Waals surface area contributed by atoms with Crippen molar-refractivity contribution in [2.45, 2.75) is 4.34 Å². The molecule has 32 heavy (non-hydrogen) atoms. The number of nitrogens with zero attached hydrogens (tertiary/aromatic N) is 3. The molecule has 2 N–H and O–H groups in total. The maximum Gasteiger partial charge on any atom is 0.286 e. The Bertz CT molecular complexity index is 1240. The van der Waals surface area contributed by atoms with Gasteiger partial charge in [0.1, 0.15) is 11.5 Å². The smallest absolute Gasteiger partial charge is 0.286 e. The van der Waals surface area contributed by atoms with Crippen molar-refractivity contribution in [3.63, 3.8) is 0 Å². The van der Waals surface area contributed by atoms with Gasteiger partial charge in [-0.25, -0.2) is 4.98 Å². The molecule has 0 aliphatic heterocycles. The zero-order valence-electron chi connectivity index (χ0n) is 16.9. The molecular weight excluding hydrogens is 470 g/mol. The summed E-state index contributed by atoms with van der Waals surface area (Å²) in [5.74, 6) is 0.675. The van der Waals surface area contributed by atoms with Crippen LogP contribution in [-0.4, -0.2) is 47.0 Å². The molecule has 2 aromatic heterocycles. The number of hydrogen-bond donors (Lipinski definition) is 2. The number of carbonyl (C=O) groups excluding carboxylic acids is 2. The second kappa shape index (κ2) is 9.94. The van der Waals surface area contributed by atoms with Crippen LogP contribution in [0.2, 0.25) is 0 Å². The van der Waals surface area contributed by atoms with E-state index in [1.54, 1.807) is 25.3 Å². The van der Waals surface area contributed by atoms with E-state index in [9.17, 15) is 9.59 Å². The summed E-state index contributed by atoms with van der Waals surface area (Å²) in [6.45, 7) is 0. The first-order valence-electron chi connectivity index (χ1n) is 9.21. The lowest BCUT2D eigenvalue weighted by atomic mass is 10.2. The van der Waals surface area contributed by atoms with Crippen molar-refractivity contribution < 1.29 is 19.1 Å². The van der Waals surface area contributed by atoms with Crippen LogP contribution in [0.15, 0.2) is 46.8 Å². The maximum absolute atomic E-state index is 12.5. The molecule has 2 amide bonds. The van der Waals surface area contributed by atoms with Crippen LogP contribution in [0.4, 0.5) is 10.8 Å². The third-order valence-corrected chi connectivity index (χ3v) is 7.13. The lowest BCUT2D eigenvalue weighted by Crippen LogP contribution is -2.14. The highest BCUT2D eigenvalue weighted by molar-refractivity contribution is 8.01. The summed E-state index contributed by atoms with van der Waals surface area (Å²) in [4.78, 5) is 29.1. The monoisotopic (exact) mass is 487 g/mol. The van der Waals surface area contributed by atoms with Gasteiger partial charge >= 0.3 is 0 Å². The van der Waals surface area contributed by atoms with Crippen molar-refractivity contribution >= 4 is 67.3 Å². The fourth-order valence-corrected chi connectivity index (χ4v) is 5.06. The van der Waals surface area contributed by atoms with E-state index in [1.807, 2.05) is 24.3 Å². The number of para-hydroxylation sites is 1. The summed E-state index contributed by atoms with van der Waals surface area (Å²) in [6, 6.07) is 12.7. The summed E-state index contributed by atoms with van der Waals surface area (Å²) in [6.07, 6.45) is 0. The van der Waals surface area contributed by atoms with Crippen molar-refractivity contribution in [2.75, 3.05) is 30.6 Å². The number of methoxy groups -OCH3 is 2. The second-order valence-corrected chi connectivity index (χ2v) is 9.45. The molecule has 0 aliphatic rings. The molecule has 12 heteroatoms. The van der Waals surface area contributed by atoms with E-state index in [-0.39, 0.29) is 17.6 Å². The normalized spacial score (nSPS) is 10.7. The summed E-state index contributed by atoms with van der Waals surface area (Å²) in [5.41, 5.74) is 1.32. The summed E-state index contributed by atoms with van der Waals surface area (Å²) in [7, 11) is 3.08. The molecule has 9 nitrogen and oxygen atoms in total. The molecule has 2 heterocycles. The van der Waals surface area contributed by atoms with E-state index >= 15 is 0 Å². The third-order valence-electron chi connectivity index (χ3n) is 4.12. The van der Waals surface area contributed by atoms with E-state index in [2.05, 4.69) is 25.8 Å². The van der Waals surface area contributed by atoms with Crippen LogP contribution in [0.1, 0.15) is 9.80 Å². The molecule has 0 saturated heterocycles. The van der Waals surface area contributed by atoms with Gasteiger partial charge in [-0.2, -0.15) is 0 Å². The first-order valence-corrected chi connectivity index (χ1v) is 11.8. The van der Waals surface area contributed by atoms with Crippen LogP contribution >= 0.6 is 34.4 Å². The van der Waals surface area contributed by atoms with Crippen molar-refractivity contribution in [3.8, 4) is 11.5 Å². The topological polar surface area (TPSA) is 115 Å². The highest BCUT2D eigenvalue weighted by Gasteiger charge is 2.16. The number of ether oxygens (including phenoxy) is 2. The van der Waals surface area contributed by atoms with Gasteiger partial charge in [-0.05, 0) is 24.3 Å². The Morgan fingerprint density at radius 1 is 1.03 bits per heavy atom. The number of thioether (sulfide) groups is 1. The highest BCUT2D eigenvalue weighted by Crippen LogP contribution is 2.30. The average molecular weight is 488 g/mol. The van der Waals surface area contributed by atoms with Crippen molar-refractivity contribution in [3.05, 3.63) is 47.5 Å². The number of thiazole rings is 1. The fraction of sp³-hybridized carbons (Fsp3) is 0.150. The molecule has 164 valence electrons. The van der Waals surface area contributed by atoms with Gasteiger partial charge in [0, 0.05) is 6.07 Å². The number of amides is 2. The van der Waals surface area contributed by atoms with E-state index < -0.39 is 0 Å². The minimum Gasteiger partial charge on any atom is -0.497 e. The van der Waals surface area contributed by atoms with Crippen LogP contribution < -0.4 is 20.1 Å². The Balaban J connectivity index is 1.32. The minimum absolute atomic E-state index is 0.121. The average Bonchev–Trinajstić information content (AvgIpc) is 3.44. The number of nitrogens with one attached hydrogen (secondary N) is 2. The molecule has 2 aromatic carbocycles. The lowest BCUT2D eigenvalue weighted by Gasteiger charge is -2.11. The number of aromatic nitrogens is 3. The molecule has 0 bridgehead atoms. The predicted molar refractivity (Wildman–Crippen MR) is 126 cm³/mol. The number of fused-ring (bicyclic) bond motifs is 1. The molecule has 0 saturated carbocycles. The van der Waals surface area contributed by atoms with Gasteiger partial charge in [0.15, 0.2) is 9.35 Å². The summed E-state index contributed by atoms with van der Waals surface area (Å²) in [5, 5.41) is 14.2. The van der Waals surface area contributed by atoms with Gasteiger partial charge in [0.2, 0.25) is 11.0 Å². The quantitative estimate of drug-likeness (QED) is 0.281. The van der Waals surface area contributed by atoms with Gasteiger partial charge in [0.05, 0.1) is 35.9 Å². The van der Waals surface area contributed by atoms with E-state index in [4.69, 9.17) is 9.47 Å². The molecule has 0 spiro atoms. The minimum atomic E-state index is -0.344. The van der Waals surface area contributed by atoms with Crippen LogP contribution in [0.3, 0.4) is 0 Å². The second-order valence-electron chi connectivity index (χ2n) is 6.22. The van der Waals surface area contributed by atoms with E-state index in [0.717, 1.165) is 10.2 Å². The van der Waals surface area contributed by atoms with Crippen LogP contribution in [-0.2, 0) is 4.79 Å². The molecule has 0 aliphatic carbocycles. The largest absolute Gasteiger partial charge is 0.497 e. The maximum atomic E-state index is 12.5. The van der Waals surface area contributed by atoms with E-state index in [0.29, 0.717) is 31.7 Å². The number of rotatable bonds is 8. The first-order chi connectivity index (χ1) is 15.6. The van der Waals surface area contributed by atoms with Crippen molar-refractivity contribution in [1.29, 1.82) is 0 Å². The number of hydrogen-bond acceptors (Lipinski definition) is 10. The predicted octanol–water partition coefficient (Wildman–Crippen LogP) is 4.15. The van der Waals surface area contributed by atoms with Gasteiger partial charge in [-0.15, -0.1) is 21.5 Å². The van der Waals surface area contributed by atoms with Crippen molar-refractivity contribution in [1.82, 2.24) is 15.2 Å². The first kappa shape index (κ1) is 22.0. The Hall–Kier alpha value is -3.22. The molecule has 0 unspecified atom stereocenters. The molecule has 0 atom stereocenters. The van der Waals surface area contributed by atoms with Gasteiger partial charge < -0.3 is 14.8 Å². The Morgan fingerprint density at radius 3 is 2.66 bits per heavy atom. The van der Waals surface area contributed by atoms with Gasteiger partial charge in [-0.3, -0.25) is 14.9 Å². The molecular formula is C20H17N5O4S3. The SMILES string of the molecule is COc1ccc(NC(=O)CSc2nnc(NC(=O)c3nc4ccccc4s3)s2)c(OC)c1. The number of anilines is 2. The molecule has 4 rings (SSSR count). The van der Waals surface area contributed by atoms with Crippen LogP contribution in [0, 0.1) is 0 Å². The standard InChI is InChI=1S/C20H17N5O4S3/c1-28-11-7-8-12(14(9-11)29-2)21-16(26)10-30-20-25-24-19(32-20)23-17(27)18-22-13-5-3-4-6-15(13)31-18/h3-9H,10H2,1-2H3,(H,21,26)(H,23,24,27). The van der Waals surface area contributed by atoms with E-state index in [1.165, 1.54) is 41.5 Å². The zero-order valence-corrected chi connectivity index (χ0v) is 19.4. The summed E-state index contributed by atoms with van der Waals surface area (Å²) >= 11 is 3.72. The zero-order chi connectivity index (χ0) is 22.5. The Morgan fingerprint density at radius 2 is 1.88 bits per heavy atom.